The first-order valence-electron chi connectivity index (χ1n) is 6.61. The Labute approximate surface area is 112 Å². The van der Waals surface area contributed by atoms with Crippen molar-refractivity contribution in [3.8, 4) is 0 Å². The Morgan fingerprint density at radius 2 is 1.78 bits per heavy atom. The van der Waals surface area contributed by atoms with Crippen LogP contribution in [0.25, 0.3) is 0 Å². The second-order valence-electron chi connectivity index (χ2n) is 6.12. The molecule has 0 radical (unpaired) electrons. The van der Waals surface area contributed by atoms with E-state index >= 15 is 0 Å². The molecule has 1 rings (SSSR count). The number of carbonyl (C=O) groups is 1. The Morgan fingerprint density at radius 3 is 2.28 bits per heavy atom. The molecule has 2 heteroatoms. The summed E-state index contributed by atoms with van der Waals surface area (Å²) in [4.78, 5) is 11.1. The van der Waals surface area contributed by atoms with E-state index < -0.39 is 8.07 Å². The second kappa shape index (κ2) is 6.69. The van der Waals surface area contributed by atoms with Gasteiger partial charge in [0.25, 0.3) is 0 Å². The van der Waals surface area contributed by atoms with E-state index in [1.54, 1.807) is 0 Å². The van der Waals surface area contributed by atoms with E-state index in [1.165, 1.54) is 11.6 Å². The zero-order chi connectivity index (χ0) is 13.6. The SMILES string of the molecule is C[C@H](C=O)[C@@H](/C=C/C[Si](C)(C)C)c1ccccc1. The molecule has 1 nitrogen and oxygen atoms in total. The highest BCUT2D eigenvalue weighted by molar-refractivity contribution is 6.76. The van der Waals surface area contributed by atoms with Crippen LogP contribution in [0.4, 0.5) is 0 Å². The van der Waals surface area contributed by atoms with Crippen molar-refractivity contribution in [2.24, 2.45) is 5.92 Å². The van der Waals surface area contributed by atoms with Gasteiger partial charge in [0, 0.05) is 19.9 Å². The average Bonchev–Trinajstić information content (AvgIpc) is 2.33. The van der Waals surface area contributed by atoms with Crippen molar-refractivity contribution in [3.05, 3.63) is 48.0 Å². The zero-order valence-electron chi connectivity index (χ0n) is 11.9. The molecule has 98 valence electrons. The summed E-state index contributed by atoms with van der Waals surface area (Å²) in [5.74, 6) is 0.241. The summed E-state index contributed by atoms with van der Waals surface area (Å²) < 4.78 is 0. The molecule has 1 aromatic carbocycles. The van der Waals surface area contributed by atoms with Gasteiger partial charge in [0.15, 0.2) is 0 Å². The summed E-state index contributed by atoms with van der Waals surface area (Å²) in [5.41, 5.74) is 1.23. The molecule has 0 unspecified atom stereocenters. The fourth-order valence-corrected chi connectivity index (χ4v) is 2.76. The maximum absolute atomic E-state index is 11.1. The summed E-state index contributed by atoms with van der Waals surface area (Å²) in [7, 11) is -1.05. The Hall–Kier alpha value is -1.15. The van der Waals surface area contributed by atoms with Crippen LogP contribution >= 0.6 is 0 Å². The number of hydrogen-bond donors (Lipinski definition) is 0. The van der Waals surface area contributed by atoms with Gasteiger partial charge in [-0.25, -0.2) is 0 Å². The predicted molar refractivity (Wildman–Crippen MR) is 81.7 cm³/mol. The third-order valence-electron chi connectivity index (χ3n) is 3.04. The summed E-state index contributed by atoms with van der Waals surface area (Å²) in [6.45, 7) is 9.07. The van der Waals surface area contributed by atoms with Crippen molar-refractivity contribution in [2.75, 3.05) is 0 Å². The first kappa shape index (κ1) is 14.9. The minimum Gasteiger partial charge on any atom is -0.303 e. The lowest BCUT2D eigenvalue weighted by molar-refractivity contribution is -0.110. The summed E-state index contributed by atoms with van der Waals surface area (Å²) in [6.07, 6.45) is 5.53. The standard InChI is InChI=1S/C16H24OSi/c1-14(13-17)16(11-8-12-18(2,3)4)15-9-6-5-7-10-15/h5-11,13-14,16H,12H2,1-4H3/b11-8+/t14-,16-/m1/s1. The largest absolute Gasteiger partial charge is 0.303 e. The maximum Gasteiger partial charge on any atom is 0.123 e. The van der Waals surface area contributed by atoms with Gasteiger partial charge in [-0.2, -0.15) is 0 Å². The van der Waals surface area contributed by atoms with Crippen molar-refractivity contribution in [1.29, 1.82) is 0 Å². The molecule has 0 amide bonds. The zero-order valence-corrected chi connectivity index (χ0v) is 12.9. The molecule has 0 N–H and O–H groups in total. The van der Waals surface area contributed by atoms with Crippen molar-refractivity contribution >= 4 is 14.4 Å². The summed E-state index contributed by atoms with van der Waals surface area (Å²) >= 11 is 0. The van der Waals surface area contributed by atoms with Crippen LogP contribution in [0, 0.1) is 5.92 Å². The van der Waals surface area contributed by atoms with Gasteiger partial charge in [0.05, 0.1) is 0 Å². The molecule has 0 aliphatic heterocycles. The van der Waals surface area contributed by atoms with E-state index in [1.807, 2.05) is 25.1 Å². The molecule has 0 bridgehead atoms. The number of rotatable bonds is 6. The smallest absolute Gasteiger partial charge is 0.123 e. The third-order valence-corrected chi connectivity index (χ3v) is 4.50. The van der Waals surface area contributed by atoms with E-state index in [0.29, 0.717) is 0 Å². The Balaban J connectivity index is 2.84. The first-order chi connectivity index (χ1) is 8.44. The number of carbonyl (C=O) groups excluding carboxylic acids is 1. The fourth-order valence-electron chi connectivity index (χ4n) is 1.92. The molecule has 0 aliphatic carbocycles. The summed E-state index contributed by atoms with van der Waals surface area (Å²) in [5, 5.41) is 0. The van der Waals surface area contributed by atoms with Gasteiger partial charge >= 0.3 is 0 Å². The number of benzene rings is 1. The molecule has 0 saturated carbocycles. The molecule has 0 saturated heterocycles. The van der Waals surface area contributed by atoms with Gasteiger partial charge in [0.2, 0.25) is 0 Å². The lowest BCUT2D eigenvalue weighted by Gasteiger charge is -2.18. The van der Waals surface area contributed by atoms with Gasteiger partial charge in [-0.1, -0.05) is 69.0 Å². The Bertz CT molecular complexity index is 389. The molecule has 18 heavy (non-hydrogen) atoms. The molecule has 0 aromatic heterocycles. The van der Waals surface area contributed by atoms with Crippen LogP contribution in [0.2, 0.25) is 25.7 Å². The Morgan fingerprint density at radius 1 is 1.17 bits per heavy atom. The highest BCUT2D eigenvalue weighted by Gasteiger charge is 2.16. The van der Waals surface area contributed by atoms with Crippen LogP contribution in [0.1, 0.15) is 18.4 Å². The lowest BCUT2D eigenvalue weighted by atomic mass is 9.88. The number of hydrogen-bond acceptors (Lipinski definition) is 1. The topological polar surface area (TPSA) is 17.1 Å². The molecule has 0 fully saturated rings. The second-order valence-corrected chi connectivity index (χ2v) is 11.7. The highest BCUT2D eigenvalue weighted by atomic mass is 28.3. The molecular weight excluding hydrogens is 236 g/mol. The van der Waals surface area contributed by atoms with E-state index in [0.717, 1.165) is 6.29 Å². The van der Waals surface area contributed by atoms with Crippen LogP contribution in [0.15, 0.2) is 42.5 Å². The minimum atomic E-state index is -1.05. The van der Waals surface area contributed by atoms with Crippen LogP contribution in [0.5, 0.6) is 0 Å². The third kappa shape index (κ3) is 5.01. The van der Waals surface area contributed by atoms with Crippen LogP contribution in [-0.2, 0) is 4.79 Å². The van der Waals surface area contributed by atoms with Gasteiger partial charge in [-0.05, 0) is 11.6 Å². The first-order valence-corrected chi connectivity index (χ1v) is 10.3. The maximum atomic E-state index is 11.1. The van der Waals surface area contributed by atoms with Crippen LogP contribution in [0.3, 0.4) is 0 Å². The summed E-state index contributed by atoms with van der Waals surface area (Å²) in [6, 6.07) is 11.4. The highest BCUT2D eigenvalue weighted by Crippen LogP contribution is 2.25. The lowest BCUT2D eigenvalue weighted by Crippen LogP contribution is -2.17. The van der Waals surface area contributed by atoms with Gasteiger partial charge < -0.3 is 4.79 Å². The van der Waals surface area contributed by atoms with E-state index in [2.05, 4.69) is 43.9 Å². The fraction of sp³-hybridized carbons (Fsp3) is 0.438. The van der Waals surface area contributed by atoms with Crippen molar-refractivity contribution in [3.63, 3.8) is 0 Å². The van der Waals surface area contributed by atoms with E-state index in [4.69, 9.17) is 0 Å². The predicted octanol–water partition coefficient (Wildman–Crippen LogP) is 4.50. The van der Waals surface area contributed by atoms with Gasteiger partial charge in [-0.3, -0.25) is 0 Å². The van der Waals surface area contributed by atoms with Crippen molar-refractivity contribution in [1.82, 2.24) is 0 Å². The van der Waals surface area contributed by atoms with E-state index in [9.17, 15) is 4.79 Å². The molecule has 1 aromatic rings. The molecule has 2 atom stereocenters. The van der Waals surface area contributed by atoms with Gasteiger partial charge in [0.1, 0.15) is 6.29 Å². The van der Waals surface area contributed by atoms with Crippen LogP contribution in [-0.4, -0.2) is 14.4 Å². The molecular formula is C16H24OSi. The molecule has 0 aliphatic rings. The number of aldehydes is 1. The normalized spacial score (nSPS) is 15.6. The number of allylic oxidation sites excluding steroid dienone is 2. The average molecular weight is 260 g/mol. The van der Waals surface area contributed by atoms with Gasteiger partial charge in [-0.15, -0.1) is 0 Å². The monoisotopic (exact) mass is 260 g/mol. The van der Waals surface area contributed by atoms with E-state index in [-0.39, 0.29) is 11.8 Å². The molecule has 0 spiro atoms. The van der Waals surface area contributed by atoms with Crippen molar-refractivity contribution in [2.45, 2.75) is 38.5 Å². The Kier molecular flexibility index (Phi) is 5.54. The molecule has 0 heterocycles. The van der Waals surface area contributed by atoms with Crippen molar-refractivity contribution < 1.29 is 4.79 Å². The van der Waals surface area contributed by atoms with Crippen LogP contribution < -0.4 is 0 Å². The minimum absolute atomic E-state index is 0.0327. The quantitative estimate of drug-likeness (QED) is 0.418.